The summed E-state index contributed by atoms with van der Waals surface area (Å²) < 4.78 is 18.7. The Morgan fingerprint density at radius 3 is 2.77 bits per heavy atom. The molecule has 3 aromatic rings. The minimum atomic E-state index is -0.236. The minimum Gasteiger partial charge on any atom is -0.459 e. The number of nitrogens with zero attached hydrogens (tertiary/aromatic N) is 1. The minimum absolute atomic E-state index is 0. The van der Waals surface area contributed by atoms with Gasteiger partial charge in [-0.2, -0.15) is 0 Å². The van der Waals surface area contributed by atoms with Crippen LogP contribution in [0, 0.1) is 12.7 Å². The molecule has 3 rings (SSSR count). The van der Waals surface area contributed by atoms with Crippen LogP contribution < -0.4 is 16.0 Å². The summed E-state index contributed by atoms with van der Waals surface area (Å²) in [5.74, 6) is 0.629. The summed E-state index contributed by atoms with van der Waals surface area (Å²) in [5, 5.41) is 10.2. The Morgan fingerprint density at radius 1 is 1.19 bits per heavy atom. The first-order valence-corrected chi connectivity index (χ1v) is 10.2. The Balaban J connectivity index is 0.00000341. The number of carbonyl (C=O) groups is 1. The lowest BCUT2D eigenvalue weighted by Gasteiger charge is -2.11. The molecule has 0 saturated heterocycles. The van der Waals surface area contributed by atoms with Gasteiger partial charge in [0.2, 0.25) is 0 Å². The van der Waals surface area contributed by atoms with Gasteiger partial charge in [-0.05, 0) is 56.5 Å². The number of aryl methyl sites for hydroxylation is 1. The van der Waals surface area contributed by atoms with E-state index in [2.05, 4.69) is 25.9 Å². The highest BCUT2D eigenvalue weighted by Crippen LogP contribution is 2.19. The molecule has 0 atom stereocenters. The van der Waals surface area contributed by atoms with Crippen molar-refractivity contribution in [3.05, 3.63) is 59.4 Å². The van der Waals surface area contributed by atoms with Gasteiger partial charge in [0.05, 0.1) is 6.26 Å². The number of halogens is 2. The van der Waals surface area contributed by atoms with Crippen LogP contribution in [0.15, 0.2) is 46.1 Å². The van der Waals surface area contributed by atoms with Crippen molar-refractivity contribution in [2.24, 2.45) is 4.99 Å². The zero-order valence-corrected chi connectivity index (χ0v) is 20.1. The maximum Gasteiger partial charge on any atom is 0.287 e. The number of amides is 1. The van der Waals surface area contributed by atoms with Crippen molar-refractivity contribution in [3.63, 3.8) is 0 Å². The summed E-state index contributed by atoms with van der Waals surface area (Å²) in [5.41, 5.74) is 2.81. The summed E-state index contributed by atoms with van der Waals surface area (Å²) >= 11 is 0. The van der Waals surface area contributed by atoms with Crippen LogP contribution in [0.25, 0.3) is 10.9 Å². The average Bonchev–Trinajstić information content (AvgIpc) is 3.33. The lowest BCUT2D eigenvalue weighted by molar-refractivity contribution is 0.0925. The third-order valence-electron chi connectivity index (χ3n) is 4.72. The van der Waals surface area contributed by atoms with Gasteiger partial charge in [0.1, 0.15) is 5.82 Å². The second kappa shape index (κ2) is 12.3. The molecule has 0 saturated carbocycles. The number of H-pyrrole nitrogens is 1. The van der Waals surface area contributed by atoms with Gasteiger partial charge in [0.15, 0.2) is 11.7 Å². The van der Waals surface area contributed by atoms with Crippen LogP contribution in [0.3, 0.4) is 0 Å². The van der Waals surface area contributed by atoms with E-state index in [0.717, 1.165) is 41.0 Å². The normalized spacial score (nSPS) is 11.3. The van der Waals surface area contributed by atoms with E-state index < -0.39 is 0 Å². The van der Waals surface area contributed by atoms with Gasteiger partial charge in [-0.3, -0.25) is 9.79 Å². The number of rotatable bonds is 9. The molecular formula is C22H29FIN5O2. The second-order valence-electron chi connectivity index (χ2n) is 6.98. The summed E-state index contributed by atoms with van der Waals surface area (Å²) in [7, 11) is 0. The van der Waals surface area contributed by atoms with E-state index in [1.807, 2.05) is 20.0 Å². The fraction of sp³-hybridized carbons (Fsp3) is 0.364. The first-order chi connectivity index (χ1) is 14.6. The van der Waals surface area contributed by atoms with Gasteiger partial charge in [0.25, 0.3) is 5.91 Å². The van der Waals surface area contributed by atoms with Crippen LogP contribution in [0.2, 0.25) is 0 Å². The predicted molar refractivity (Wildman–Crippen MR) is 132 cm³/mol. The predicted octanol–water partition coefficient (Wildman–Crippen LogP) is 3.74. The Morgan fingerprint density at radius 2 is 2.03 bits per heavy atom. The van der Waals surface area contributed by atoms with E-state index in [0.29, 0.717) is 31.8 Å². The molecule has 2 aromatic heterocycles. The number of nitrogens with one attached hydrogen (secondary N) is 4. The van der Waals surface area contributed by atoms with Crippen LogP contribution >= 0.6 is 24.0 Å². The lowest BCUT2D eigenvalue weighted by atomic mass is 10.1. The molecule has 1 amide bonds. The summed E-state index contributed by atoms with van der Waals surface area (Å²) in [6.07, 6.45) is 4.88. The smallest absolute Gasteiger partial charge is 0.287 e. The molecule has 0 bridgehead atoms. The molecule has 168 valence electrons. The highest BCUT2D eigenvalue weighted by atomic mass is 127. The molecule has 7 nitrogen and oxygen atoms in total. The molecule has 9 heteroatoms. The first-order valence-electron chi connectivity index (χ1n) is 10.2. The number of fused-ring (bicyclic) bond motifs is 1. The Hall–Kier alpha value is -2.56. The zero-order chi connectivity index (χ0) is 21.3. The molecule has 4 N–H and O–H groups in total. The number of furan rings is 1. The van der Waals surface area contributed by atoms with Crippen molar-refractivity contribution < 1.29 is 13.6 Å². The molecule has 31 heavy (non-hydrogen) atoms. The van der Waals surface area contributed by atoms with Gasteiger partial charge < -0.3 is 25.4 Å². The fourth-order valence-electron chi connectivity index (χ4n) is 3.17. The van der Waals surface area contributed by atoms with Gasteiger partial charge >= 0.3 is 0 Å². The third kappa shape index (κ3) is 6.98. The molecule has 0 aliphatic rings. The maximum absolute atomic E-state index is 13.5. The molecule has 0 radical (unpaired) electrons. The SMILES string of the molecule is CCNC(=NCCCNC(=O)c1occc1C)NCCc1c[nH]c2ccc(F)cc12.I. The molecule has 0 fully saturated rings. The highest BCUT2D eigenvalue weighted by Gasteiger charge is 2.11. The van der Waals surface area contributed by atoms with Crippen molar-refractivity contribution in [2.45, 2.75) is 26.7 Å². The van der Waals surface area contributed by atoms with Gasteiger partial charge in [-0.25, -0.2) is 4.39 Å². The Labute approximate surface area is 198 Å². The number of carbonyl (C=O) groups excluding carboxylic acids is 1. The number of aliphatic imine (C=N–C) groups is 1. The lowest BCUT2D eigenvalue weighted by Crippen LogP contribution is -2.38. The van der Waals surface area contributed by atoms with Gasteiger partial charge in [0, 0.05) is 48.8 Å². The van der Waals surface area contributed by atoms with Crippen molar-refractivity contribution in [3.8, 4) is 0 Å². The standard InChI is InChI=1S/C22H28FN5O2.HI/c1-3-24-22(26-10-4-9-25-21(29)20-15(2)8-12-30-20)27-11-7-16-14-28-19-6-5-17(23)13-18(16)19;/h5-6,8,12-14,28H,3-4,7,9-11H2,1-2H3,(H,25,29)(H2,24,26,27);1H. The highest BCUT2D eigenvalue weighted by molar-refractivity contribution is 14.0. The number of aromatic amines is 1. The average molecular weight is 541 g/mol. The molecule has 0 aliphatic heterocycles. The van der Waals surface area contributed by atoms with E-state index in [1.165, 1.54) is 12.3 Å². The Kier molecular flexibility index (Phi) is 9.83. The van der Waals surface area contributed by atoms with E-state index in [1.54, 1.807) is 18.2 Å². The topological polar surface area (TPSA) is 94.4 Å². The van der Waals surface area contributed by atoms with Gasteiger partial charge in [-0.15, -0.1) is 24.0 Å². The third-order valence-corrected chi connectivity index (χ3v) is 4.72. The number of benzene rings is 1. The van der Waals surface area contributed by atoms with Crippen LogP contribution in [-0.4, -0.2) is 43.0 Å². The maximum atomic E-state index is 13.5. The molecular weight excluding hydrogens is 512 g/mol. The first kappa shape index (κ1) is 24.7. The number of aromatic nitrogens is 1. The second-order valence-corrected chi connectivity index (χ2v) is 6.98. The molecule has 0 spiro atoms. The number of hydrogen-bond acceptors (Lipinski definition) is 3. The van der Waals surface area contributed by atoms with Crippen LogP contribution in [0.1, 0.15) is 35.0 Å². The van der Waals surface area contributed by atoms with E-state index in [9.17, 15) is 9.18 Å². The van der Waals surface area contributed by atoms with Crippen molar-refractivity contribution in [1.82, 2.24) is 20.9 Å². The fourth-order valence-corrected chi connectivity index (χ4v) is 3.17. The van der Waals surface area contributed by atoms with Crippen molar-refractivity contribution in [2.75, 3.05) is 26.2 Å². The van der Waals surface area contributed by atoms with Crippen LogP contribution in [0.4, 0.5) is 4.39 Å². The largest absolute Gasteiger partial charge is 0.459 e. The number of hydrogen-bond donors (Lipinski definition) is 4. The zero-order valence-electron chi connectivity index (χ0n) is 17.8. The van der Waals surface area contributed by atoms with E-state index in [4.69, 9.17) is 4.42 Å². The molecule has 0 aliphatic carbocycles. The molecule has 1 aromatic carbocycles. The number of guanidine groups is 1. The molecule has 2 heterocycles. The summed E-state index contributed by atoms with van der Waals surface area (Å²) in [4.78, 5) is 19.7. The van der Waals surface area contributed by atoms with E-state index >= 15 is 0 Å². The van der Waals surface area contributed by atoms with Crippen LogP contribution in [0.5, 0.6) is 0 Å². The van der Waals surface area contributed by atoms with Gasteiger partial charge in [-0.1, -0.05) is 0 Å². The van der Waals surface area contributed by atoms with Crippen molar-refractivity contribution in [1.29, 1.82) is 0 Å². The van der Waals surface area contributed by atoms with Crippen molar-refractivity contribution >= 4 is 46.7 Å². The van der Waals surface area contributed by atoms with Crippen LogP contribution in [-0.2, 0) is 6.42 Å². The summed E-state index contributed by atoms with van der Waals surface area (Å²) in [6.45, 7) is 6.35. The molecule has 0 unspecified atom stereocenters. The quantitative estimate of drug-likeness (QED) is 0.144. The Bertz CT molecular complexity index is 1010. The summed E-state index contributed by atoms with van der Waals surface area (Å²) in [6, 6.07) is 6.52. The van der Waals surface area contributed by atoms with E-state index in [-0.39, 0.29) is 35.7 Å². The monoisotopic (exact) mass is 541 g/mol.